The van der Waals surface area contributed by atoms with Crippen molar-refractivity contribution in [3.05, 3.63) is 48.0 Å². The van der Waals surface area contributed by atoms with E-state index < -0.39 is 9.84 Å². The average Bonchev–Trinajstić information content (AvgIpc) is 3.02. The Morgan fingerprint density at radius 2 is 1.93 bits per heavy atom. The Morgan fingerprint density at radius 1 is 1.19 bits per heavy atom. The highest BCUT2D eigenvalue weighted by molar-refractivity contribution is 7.90. The van der Waals surface area contributed by atoms with Gasteiger partial charge in [0.05, 0.1) is 15.1 Å². The van der Waals surface area contributed by atoms with E-state index in [1.54, 1.807) is 12.1 Å². The molecule has 1 amide bonds. The molecule has 0 aliphatic rings. The standard InChI is InChI=1S/C19H20N2O4S2/c1-3-4-13-5-7-14(8-6-13)25-12-18(22)21-19-20-16-10-9-15(27(2,23)24)11-17(16)26-19/h5-11H,3-4,12H2,1-2H3,(H,20,21,22). The highest BCUT2D eigenvalue weighted by atomic mass is 32.2. The summed E-state index contributed by atoms with van der Waals surface area (Å²) in [4.78, 5) is 16.6. The van der Waals surface area contributed by atoms with E-state index in [0.29, 0.717) is 21.1 Å². The van der Waals surface area contributed by atoms with E-state index in [-0.39, 0.29) is 17.4 Å². The zero-order valence-electron chi connectivity index (χ0n) is 15.1. The summed E-state index contributed by atoms with van der Waals surface area (Å²) in [5.41, 5.74) is 1.87. The quantitative estimate of drug-likeness (QED) is 0.649. The van der Waals surface area contributed by atoms with Crippen LogP contribution in [0.4, 0.5) is 5.13 Å². The summed E-state index contributed by atoms with van der Waals surface area (Å²) in [6, 6.07) is 12.4. The molecule has 0 aliphatic heterocycles. The van der Waals surface area contributed by atoms with Crippen LogP contribution in [-0.4, -0.2) is 32.2 Å². The van der Waals surface area contributed by atoms with Crippen molar-refractivity contribution in [2.45, 2.75) is 24.7 Å². The van der Waals surface area contributed by atoms with Crippen molar-refractivity contribution in [3.63, 3.8) is 0 Å². The van der Waals surface area contributed by atoms with Crippen molar-refractivity contribution in [2.75, 3.05) is 18.2 Å². The van der Waals surface area contributed by atoms with Gasteiger partial charge in [0.25, 0.3) is 5.91 Å². The number of nitrogens with one attached hydrogen (secondary N) is 1. The molecule has 0 aliphatic carbocycles. The average molecular weight is 405 g/mol. The summed E-state index contributed by atoms with van der Waals surface area (Å²) in [6.07, 6.45) is 3.25. The van der Waals surface area contributed by atoms with Crippen LogP contribution >= 0.6 is 11.3 Å². The second kappa shape index (κ2) is 8.06. The molecule has 8 heteroatoms. The maximum atomic E-state index is 12.1. The lowest BCUT2D eigenvalue weighted by molar-refractivity contribution is -0.118. The minimum absolute atomic E-state index is 0.127. The summed E-state index contributed by atoms with van der Waals surface area (Å²) in [7, 11) is -3.28. The minimum atomic E-state index is -3.28. The van der Waals surface area contributed by atoms with Crippen LogP contribution in [0.25, 0.3) is 10.2 Å². The number of amides is 1. The fraction of sp³-hybridized carbons (Fsp3) is 0.263. The van der Waals surface area contributed by atoms with Crippen LogP contribution in [-0.2, 0) is 21.1 Å². The molecule has 1 aromatic heterocycles. The van der Waals surface area contributed by atoms with Crippen LogP contribution < -0.4 is 10.1 Å². The van der Waals surface area contributed by atoms with Crippen molar-refractivity contribution in [3.8, 4) is 5.75 Å². The molecule has 142 valence electrons. The highest BCUT2D eigenvalue weighted by Crippen LogP contribution is 2.28. The molecule has 1 heterocycles. The third kappa shape index (κ3) is 5.05. The van der Waals surface area contributed by atoms with Gasteiger partial charge in [0.1, 0.15) is 5.75 Å². The van der Waals surface area contributed by atoms with Crippen LogP contribution in [0.15, 0.2) is 47.4 Å². The Kier molecular flexibility index (Phi) is 5.76. The van der Waals surface area contributed by atoms with Gasteiger partial charge in [0, 0.05) is 6.26 Å². The first-order valence-electron chi connectivity index (χ1n) is 8.47. The smallest absolute Gasteiger partial charge is 0.264 e. The first-order valence-corrected chi connectivity index (χ1v) is 11.2. The third-order valence-electron chi connectivity index (χ3n) is 3.87. The zero-order chi connectivity index (χ0) is 19.4. The van der Waals surface area contributed by atoms with Gasteiger partial charge in [-0.15, -0.1) is 0 Å². The van der Waals surface area contributed by atoms with Gasteiger partial charge in [-0.05, 0) is 42.3 Å². The predicted molar refractivity (Wildman–Crippen MR) is 107 cm³/mol. The fourth-order valence-electron chi connectivity index (χ4n) is 2.53. The molecule has 0 spiro atoms. The van der Waals surface area contributed by atoms with E-state index in [4.69, 9.17) is 4.74 Å². The number of benzene rings is 2. The minimum Gasteiger partial charge on any atom is -0.484 e. The molecule has 0 unspecified atom stereocenters. The second-order valence-corrected chi connectivity index (χ2v) is 9.20. The highest BCUT2D eigenvalue weighted by Gasteiger charge is 2.12. The lowest BCUT2D eigenvalue weighted by Crippen LogP contribution is -2.19. The Bertz CT molecular complexity index is 1060. The summed E-state index contributed by atoms with van der Waals surface area (Å²) < 4.78 is 29.5. The van der Waals surface area contributed by atoms with Crippen molar-refractivity contribution >= 4 is 42.4 Å². The van der Waals surface area contributed by atoms with Gasteiger partial charge in [0.15, 0.2) is 21.6 Å². The lowest BCUT2D eigenvalue weighted by Gasteiger charge is -2.06. The molecule has 0 bridgehead atoms. The molecule has 0 saturated carbocycles. The van der Waals surface area contributed by atoms with Gasteiger partial charge < -0.3 is 4.74 Å². The van der Waals surface area contributed by atoms with Crippen LogP contribution in [0.5, 0.6) is 5.75 Å². The maximum absolute atomic E-state index is 12.1. The normalized spacial score (nSPS) is 11.5. The monoisotopic (exact) mass is 404 g/mol. The maximum Gasteiger partial charge on any atom is 0.264 e. The van der Waals surface area contributed by atoms with Gasteiger partial charge in [-0.25, -0.2) is 13.4 Å². The summed E-state index contributed by atoms with van der Waals surface area (Å²) in [5, 5.41) is 3.09. The van der Waals surface area contributed by atoms with Crippen LogP contribution in [0.2, 0.25) is 0 Å². The Morgan fingerprint density at radius 3 is 2.59 bits per heavy atom. The molecular weight excluding hydrogens is 384 g/mol. The number of carbonyl (C=O) groups excluding carboxylic acids is 1. The Labute approximate surface area is 162 Å². The molecule has 0 saturated heterocycles. The number of hydrogen-bond acceptors (Lipinski definition) is 6. The van der Waals surface area contributed by atoms with E-state index >= 15 is 0 Å². The topological polar surface area (TPSA) is 85.4 Å². The molecule has 0 atom stereocenters. The van der Waals surface area contributed by atoms with Gasteiger partial charge >= 0.3 is 0 Å². The van der Waals surface area contributed by atoms with Gasteiger partial charge in [-0.3, -0.25) is 10.1 Å². The van der Waals surface area contributed by atoms with Crippen molar-refractivity contribution in [1.29, 1.82) is 0 Å². The van der Waals surface area contributed by atoms with Gasteiger partial charge in [-0.1, -0.05) is 36.8 Å². The number of rotatable bonds is 7. The Balaban J connectivity index is 1.62. The number of hydrogen-bond donors (Lipinski definition) is 1. The molecule has 0 radical (unpaired) electrons. The first kappa shape index (κ1) is 19.3. The van der Waals surface area contributed by atoms with Crippen LogP contribution in [0.3, 0.4) is 0 Å². The molecule has 6 nitrogen and oxygen atoms in total. The number of nitrogens with zero attached hydrogens (tertiary/aromatic N) is 1. The largest absolute Gasteiger partial charge is 0.484 e. The summed E-state index contributed by atoms with van der Waals surface area (Å²) in [6.45, 7) is 2.00. The second-order valence-electron chi connectivity index (χ2n) is 6.15. The van der Waals surface area contributed by atoms with Crippen LogP contribution in [0.1, 0.15) is 18.9 Å². The Hall–Kier alpha value is -2.45. The number of fused-ring (bicyclic) bond motifs is 1. The van der Waals surface area contributed by atoms with Crippen LogP contribution in [0, 0.1) is 0 Å². The van der Waals surface area contributed by atoms with E-state index in [9.17, 15) is 13.2 Å². The number of ether oxygens (including phenoxy) is 1. The fourth-order valence-corrected chi connectivity index (χ4v) is 4.18. The number of anilines is 1. The number of carbonyl (C=O) groups is 1. The molecule has 1 N–H and O–H groups in total. The van der Waals surface area contributed by atoms with Crippen molar-refractivity contribution in [1.82, 2.24) is 4.98 Å². The molecule has 27 heavy (non-hydrogen) atoms. The molecule has 0 fully saturated rings. The van der Waals surface area contributed by atoms with E-state index in [0.717, 1.165) is 19.1 Å². The number of sulfone groups is 1. The molecule has 3 aromatic rings. The van der Waals surface area contributed by atoms with Crippen molar-refractivity contribution < 1.29 is 17.9 Å². The van der Waals surface area contributed by atoms with E-state index in [1.165, 1.54) is 23.0 Å². The summed E-state index contributed by atoms with van der Waals surface area (Å²) >= 11 is 1.22. The predicted octanol–water partition coefficient (Wildman–Crippen LogP) is 3.67. The molecule has 2 aromatic carbocycles. The number of aromatic nitrogens is 1. The molecule has 3 rings (SSSR count). The van der Waals surface area contributed by atoms with Gasteiger partial charge in [-0.2, -0.15) is 0 Å². The lowest BCUT2D eigenvalue weighted by atomic mass is 10.1. The molecular formula is C19H20N2O4S2. The van der Waals surface area contributed by atoms with Gasteiger partial charge in [0.2, 0.25) is 0 Å². The SMILES string of the molecule is CCCc1ccc(OCC(=O)Nc2nc3ccc(S(C)(=O)=O)cc3s2)cc1. The number of thiazole rings is 1. The van der Waals surface area contributed by atoms with E-state index in [1.807, 2.05) is 24.3 Å². The number of aryl methyl sites for hydroxylation is 1. The third-order valence-corrected chi connectivity index (χ3v) is 5.91. The van der Waals surface area contributed by atoms with Crippen molar-refractivity contribution in [2.24, 2.45) is 0 Å². The zero-order valence-corrected chi connectivity index (χ0v) is 16.7. The van der Waals surface area contributed by atoms with E-state index in [2.05, 4.69) is 17.2 Å². The summed E-state index contributed by atoms with van der Waals surface area (Å²) in [5.74, 6) is 0.308. The first-order chi connectivity index (χ1) is 12.8.